The summed E-state index contributed by atoms with van der Waals surface area (Å²) >= 11 is 0. The highest BCUT2D eigenvalue weighted by Gasteiger charge is 2.51. The molecule has 0 N–H and O–H groups in total. The molecule has 0 spiro atoms. The molecule has 5 aliphatic carbocycles. The van der Waals surface area contributed by atoms with Gasteiger partial charge in [0, 0.05) is 22.4 Å². The summed E-state index contributed by atoms with van der Waals surface area (Å²) in [5.74, 6) is 2.87. The fraction of sp³-hybridized carbons (Fsp3) is 0.200. The van der Waals surface area contributed by atoms with Crippen LogP contribution in [0.2, 0.25) is 0 Å². The molecular formula is C65H55N. The van der Waals surface area contributed by atoms with Crippen molar-refractivity contribution in [3.05, 3.63) is 223 Å². The van der Waals surface area contributed by atoms with Crippen LogP contribution in [-0.2, 0) is 10.8 Å². The summed E-state index contributed by atoms with van der Waals surface area (Å²) in [6.45, 7) is 4.75. The van der Waals surface area contributed by atoms with Crippen molar-refractivity contribution in [1.29, 1.82) is 0 Å². The molecule has 4 saturated carbocycles. The van der Waals surface area contributed by atoms with E-state index in [1.165, 1.54) is 116 Å². The van der Waals surface area contributed by atoms with Gasteiger partial charge in [-0.25, -0.2) is 0 Å². The van der Waals surface area contributed by atoms with E-state index in [9.17, 15) is 0 Å². The minimum Gasteiger partial charge on any atom is -0.310 e. The molecule has 0 aromatic heterocycles. The molecule has 0 amide bonds. The summed E-state index contributed by atoms with van der Waals surface area (Å²) in [5.41, 5.74) is 20.5. The molecule has 0 unspecified atom stereocenters. The highest BCUT2D eigenvalue weighted by atomic mass is 15.1. The first kappa shape index (κ1) is 39.4. The Hall–Kier alpha value is -6.96. The Morgan fingerprint density at radius 1 is 0.379 bits per heavy atom. The lowest BCUT2D eigenvalue weighted by molar-refractivity contribution is -0.00518. The molecule has 0 aliphatic heterocycles. The number of anilines is 3. The first-order chi connectivity index (χ1) is 32.4. The van der Waals surface area contributed by atoms with Gasteiger partial charge in [0.05, 0.1) is 5.69 Å². The molecule has 0 atom stereocenters. The van der Waals surface area contributed by atoms with E-state index in [-0.39, 0.29) is 5.41 Å². The second-order valence-corrected chi connectivity index (χ2v) is 20.8. The average Bonchev–Trinajstić information content (AvgIpc) is 3.59. The van der Waals surface area contributed by atoms with Gasteiger partial charge in [-0.1, -0.05) is 184 Å². The largest absolute Gasteiger partial charge is 0.310 e. The van der Waals surface area contributed by atoms with E-state index in [4.69, 9.17) is 0 Å². The molecule has 1 heteroatoms. The van der Waals surface area contributed by atoms with Crippen LogP contribution in [0.1, 0.15) is 69.1 Å². The number of fused-ring (bicyclic) bond motifs is 4. The van der Waals surface area contributed by atoms with Crippen molar-refractivity contribution in [3.63, 3.8) is 0 Å². The van der Waals surface area contributed by atoms with Gasteiger partial charge in [0.15, 0.2) is 0 Å². The van der Waals surface area contributed by atoms with Gasteiger partial charge in [0.1, 0.15) is 0 Å². The Morgan fingerprint density at radius 3 is 1.61 bits per heavy atom. The topological polar surface area (TPSA) is 3.24 Å². The van der Waals surface area contributed by atoms with Crippen LogP contribution >= 0.6 is 0 Å². The summed E-state index contributed by atoms with van der Waals surface area (Å²) in [6, 6.07) is 77.7. The Balaban J connectivity index is 0.920. The van der Waals surface area contributed by atoms with Crippen LogP contribution in [0.15, 0.2) is 206 Å². The molecule has 4 bridgehead atoms. The summed E-state index contributed by atoms with van der Waals surface area (Å²) in [4.78, 5) is 2.49. The van der Waals surface area contributed by atoms with Gasteiger partial charge in [0.25, 0.3) is 0 Å². The van der Waals surface area contributed by atoms with E-state index in [2.05, 4.69) is 225 Å². The van der Waals surface area contributed by atoms with Gasteiger partial charge in [-0.15, -0.1) is 0 Å². The second-order valence-electron chi connectivity index (χ2n) is 20.8. The summed E-state index contributed by atoms with van der Waals surface area (Å²) < 4.78 is 0. The van der Waals surface area contributed by atoms with E-state index in [0.29, 0.717) is 5.41 Å². The lowest BCUT2D eigenvalue weighted by Gasteiger charge is -2.57. The molecule has 0 radical (unpaired) electrons. The molecule has 66 heavy (non-hydrogen) atoms. The van der Waals surface area contributed by atoms with Crippen molar-refractivity contribution in [2.45, 2.75) is 63.2 Å². The van der Waals surface area contributed by atoms with Crippen LogP contribution in [0.3, 0.4) is 0 Å². The van der Waals surface area contributed by atoms with E-state index in [1.807, 2.05) is 0 Å². The number of hydrogen-bond donors (Lipinski definition) is 0. The van der Waals surface area contributed by atoms with Gasteiger partial charge in [-0.05, 0) is 176 Å². The lowest BCUT2D eigenvalue weighted by Crippen LogP contribution is -2.48. The van der Waals surface area contributed by atoms with Crippen LogP contribution in [0, 0.1) is 17.8 Å². The average molecular weight is 850 g/mol. The smallest absolute Gasteiger partial charge is 0.0540 e. The van der Waals surface area contributed by atoms with Crippen molar-refractivity contribution in [1.82, 2.24) is 0 Å². The minimum absolute atomic E-state index is 0.129. The highest BCUT2D eigenvalue weighted by molar-refractivity contribution is 6.02. The third-order valence-corrected chi connectivity index (χ3v) is 16.5. The van der Waals surface area contributed by atoms with Gasteiger partial charge < -0.3 is 4.90 Å². The quantitative estimate of drug-likeness (QED) is 0.147. The van der Waals surface area contributed by atoms with Crippen LogP contribution in [-0.4, -0.2) is 0 Å². The Bertz CT molecular complexity index is 3240. The summed E-state index contributed by atoms with van der Waals surface area (Å²) in [5, 5.41) is 2.48. The SMILES string of the molecule is CC1(C)c2ccccc2-c2ccc(N(c3ccc(-c4ccccc4)cc3)c3ccc(-c4ccc(-c5ccc(C67CC8CC(CC(C8)C6)C7)cc5)cc4)cc3-c3cccc4ccccc34)cc21. The van der Waals surface area contributed by atoms with Crippen molar-refractivity contribution >= 4 is 27.8 Å². The Labute approximate surface area is 390 Å². The zero-order valence-corrected chi connectivity index (χ0v) is 38.1. The summed E-state index contributed by atoms with van der Waals surface area (Å²) in [6.07, 6.45) is 8.68. The number of benzene rings is 9. The van der Waals surface area contributed by atoms with Crippen LogP contribution < -0.4 is 4.90 Å². The molecule has 0 saturated heterocycles. The maximum absolute atomic E-state index is 2.49. The number of hydrogen-bond acceptors (Lipinski definition) is 1. The first-order valence-corrected chi connectivity index (χ1v) is 24.4. The fourth-order valence-corrected chi connectivity index (χ4v) is 13.6. The number of nitrogens with zero attached hydrogens (tertiary/aromatic N) is 1. The Kier molecular flexibility index (Phi) is 9.14. The monoisotopic (exact) mass is 849 g/mol. The minimum atomic E-state index is -0.129. The second kappa shape index (κ2) is 15.3. The lowest BCUT2D eigenvalue weighted by atomic mass is 9.48. The van der Waals surface area contributed by atoms with E-state index >= 15 is 0 Å². The highest BCUT2D eigenvalue weighted by Crippen LogP contribution is 2.61. The zero-order valence-electron chi connectivity index (χ0n) is 38.1. The van der Waals surface area contributed by atoms with Gasteiger partial charge >= 0.3 is 0 Å². The molecule has 14 rings (SSSR count). The molecular weight excluding hydrogens is 795 g/mol. The van der Waals surface area contributed by atoms with Gasteiger partial charge in [-0.3, -0.25) is 0 Å². The summed E-state index contributed by atoms with van der Waals surface area (Å²) in [7, 11) is 0. The van der Waals surface area contributed by atoms with Gasteiger partial charge in [0.2, 0.25) is 0 Å². The maximum atomic E-state index is 2.49. The van der Waals surface area contributed by atoms with E-state index in [0.717, 1.165) is 34.8 Å². The third kappa shape index (κ3) is 6.50. The third-order valence-electron chi connectivity index (χ3n) is 16.5. The molecule has 4 fully saturated rings. The molecule has 320 valence electrons. The van der Waals surface area contributed by atoms with Gasteiger partial charge in [-0.2, -0.15) is 0 Å². The van der Waals surface area contributed by atoms with E-state index in [1.54, 1.807) is 5.56 Å². The molecule has 0 heterocycles. The first-order valence-electron chi connectivity index (χ1n) is 24.4. The van der Waals surface area contributed by atoms with Crippen molar-refractivity contribution in [3.8, 4) is 55.6 Å². The van der Waals surface area contributed by atoms with Crippen LogP contribution in [0.4, 0.5) is 17.1 Å². The predicted octanol–water partition coefficient (Wildman–Crippen LogP) is 17.8. The number of rotatable bonds is 8. The van der Waals surface area contributed by atoms with Crippen LogP contribution in [0.25, 0.3) is 66.4 Å². The molecule has 9 aromatic carbocycles. The van der Waals surface area contributed by atoms with Crippen LogP contribution in [0.5, 0.6) is 0 Å². The zero-order chi connectivity index (χ0) is 44.0. The maximum Gasteiger partial charge on any atom is 0.0540 e. The fourth-order valence-electron chi connectivity index (χ4n) is 13.6. The van der Waals surface area contributed by atoms with Crippen molar-refractivity contribution < 1.29 is 0 Å². The van der Waals surface area contributed by atoms with E-state index < -0.39 is 0 Å². The standard InChI is InChI=1S/C65H55N/c1-64(2)61-18-9-8-16-58(61)59-33-32-55(39-62(59)64)66(54-30-25-49(26-31-54)46-11-4-3-5-12-46)63-34-27-52(38-60(63)57-17-10-14-51-13-6-7-15-56(51)57)50-21-19-47(20-22-50)48-23-28-53(29-24-48)65-40-43-35-44(41-65)37-45(36-43)42-65/h3-34,38-39,43-45H,35-37,40-42H2,1-2H3. The molecule has 5 aliphatic rings. The molecule has 1 nitrogen and oxygen atoms in total. The molecule has 9 aromatic rings. The van der Waals surface area contributed by atoms with Crippen molar-refractivity contribution in [2.24, 2.45) is 17.8 Å². The Morgan fingerprint density at radius 2 is 0.894 bits per heavy atom. The predicted molar refractivity (Wildman–Crippen MR) is 278 cm³/mol. The normalized spacial score (nSPS) is 20.8. The van der Waals surface area contributed by atoms with Crippen molar-refractivity contribution in [2.75, 3.05) is 4.90 Å².